The number of hydrogen-bond donors (Lipinski definition) is 4. The zero-order chi connectivity index (χ0) is 10.6. The van der Waals surface area contributed by atoms with E-state index in [1.165, 1.54) is 0 Å². The van der Waals surface area contributed by atoms with Crippen molar-refractivity contribution < 1.29 is 20.1 Å². The Morgan fingerprint density at radius 3 is 2.36 bits per heavy atom. The van der Waals surface area contributed by atoms with Gasteiger partial charge in [-0.2, -0.15) is 0 Å². The Kier molecular flexibility index (Phi) is 4.16. The number of hydrogen-bond acceptors (Lipinski definition) is 3. The highest BCUT2D eigenvalue weighted by molar-refractivity contribution is 5.64. The molecule has 0 aromatic rings. The van der Waals surface area contributed by atoms with Gasteiger partial charge >= 0.3 is 6.09 Å². The third-order valence-corrected chi connectivity index (χ3v) is 2.83. The van der Waals surface area contributed by atoms with Crippen molar-refractivity contribution in [1.82, 2.24) is 5.32 Å². The topological polar surface area (TPSA) is 89.8 Å². The highest BCUT2D eigenvalue weighted by Gasteiger charge is 2.26. The van der Waals surface area contributed by atoms with Gasteiger partial charge in [0.25, 0.3) is 0 Å². The minimum Gasteiger partial charge on any atom is -0.465 e. The van der Waals surface area contributed by atoms with Crippen LogP contribution >= 0.6 is 0 Å². The third kappa shape index (κ3) is 3.16. The smallest absolute Gasteiger partial charge is 0.404 e. The summed E-state index contributed by atoms with van der Waals surface area (Å²) in [4.78, 5) is 10.3. The number of nitrogens with one attached hydrogen (secondary N) is 1. The van der Waals surface area contributed by atoms with Gasteiger partial charge in [-0.3, -0.25) is 0 Å². The van der Waals surface area contributed by atoms with Crippen LogP contribution < -0.4 is 5.32 Å². The lowest BCUT2D eigenvalue weighted by atomic mass is 9.83. The van der Waals surface area contributed by atoms with Gasteiger partial charge in [0.05, 0.1) is 12.7 Å². The molecule has 0 radical (unpaired) electrons. The Morgan fingerprint density at radius 2 is 1.93 bits per heavy atom. The molecular formula is C9H17NO4. The molecule has 0 aromatic carbocycles. The average Bonchev–Trinajstić information content (AvgIpc) is 2.17. The van der Waals surface area contributed by atoms with Gasteiger partial charge in [-0.1, -0.05) is 0 Å². The van der Waals surface area contributed by atoms with Crippen molar-refractivity contribution in [2.75, 3.05) is 6.61 Å². The van der Waals surface area contributed by atoms with Crippen LogP contribution in [0, 0.1) is 5.92 Å². The van der Waals surface area contributed by atoms with Crippen molar-refractivity contribution in [2.24, 2.45) is 5.92 Å². The Labute approximate surface area is 82.7 Å². The van der Waals surface area contributed by atoms with Gasteiger partial charge in [-0.25, -0.2) is 4.79 Å². The van der Waals surface area contributed by atoms with E-state index < -0.39 is 12.2 Å². The van der Waals surface area contributed by atoms with Gasteiger partial charge in [0.2, 0.25) is 0 Å². The Hall–Kier alpha value is -0.810. The van der Waals surface area contributed by atoms with E-state index in [0.29, 0.717) is 0 Å². The molecule has 0 spiro atoms. The van der Waals surface area contributed by atoms with Crippen LogP contribution in [-0.2, 0) is 0 Å². The molecule has 4 N–H and O–H groups in total. The molecule has 0 aromatic heterocycles. The van der Waals surface area contributed by atoms with Crippen molar-refractivity contribution >= 4 is 6.09 Å². The molecule has 82 valence electrons. The number of carboxylic acid groups (broad SMARTS) is 1. The number of carbonyl (C=O) groups is 1. The quantitative estimate of drug-likeness (QED) is 0.526. The van der Waals surface area contributed by atoms with E-state index in [2.05, 4.69) is 5.32 Å². The number of rotatable bonds is 3. The van der Waals surface area contributed by atoms with Crippen LogP contribution in [0.5, 0.6) is 0 Å². The van der Waals surface area contributed by atoms with Crippen molar-refractivity contribution in [3.8, 4) is 0 Å². The number of aliphatic hydroxyl groups is 2. The zero-order valence-corrected chi connectivity index (χ0v) is 8.02. The van der Waals surface area contributed by atoms with E-state index in [9.17, 15) is 9.90 Å². The monoisotopic (exact) mass is 203 g/mol. The summed E-state index contributed by atoms with van der Waals surface area (Å²) in [6, 6.07) is 0.00893. The van der Waals surface area contributed by atoms with Crippen LogP contribution in [0.25, 0.3) is 0 Å². The largest absolute Gasteiger partial charge is 0.465 e. The summed E-state index contributed by atoms with van der Waals surface area (Å²) in [5.74, 6) is 0.117. The predicted molar refractivity (Wildman–Crippen MR) is 50.0 cm³/mol. The average molecular weight is 203 g/mol. The highest BCUT2D eigenvalue weighted by atomic mass is 16.4. The lowest BCUT2D eigenvalue weighted by Gasteiger charge is -2.30. The summed E-state index contributed by atoms with van der Waals surface area (Å²) in [6.45, 7) is -0.207. The molecule has 14 heavy (non-hydrogen) atoms. The Balaban J connectivity index is 2.27. The molecule has 1 aliphatic carbocycles. The molecule has 0 bridgehead atoms. The van der Waals surface area contributed by atoms with E-state index >= 15 is 0 Å². The maximum absolute atomic E-state index is 10.3. The molecular weight excluding hydrogens is 186 g/mol. The SMILES string of the molecule is O=C(O)NC1CCC(C(O)CO)CC1. The first-order valence-corrected chi connectivity index (χ1v) is 4.92. The first-order valence-electron chi connectivity index (χ1n) is 4.92. The van der Waals surface area contributed by atoms with Crippen LogP contribution in [0.4, 0.5) is 4.79 Å². The van der Waals surface area contributed by atoms with E-state index in [0.717, 1.165) is 25.7 Å². The highest BCUT2D eigenvalue weighted by Crippen LogP contribution is 2.26. The number of amides is 1. The Morgan fingerprint density at radius 1 is 1.36 bits per heavy atom. The van der Waals surface area contributed by atoms with Gasteiger partial charge in [-0.05, 0) is 31.6 Å². The van der Waals surface area contributed by atoms with Crippen molar-refractivity contribution in [3.63, 3.8) is 0 Å². The van der Waals surface area contributed by atoms with Crippen LogP contribution in [0.15, 0.2) is 0 Å². The van der Waals surface area contributed by atoms with E-state index in [4.69, 9.17) is 10.2 Å². The first kappa shape index (κ1) is 11.3. The molecule has 1 fully saturated rings. The molecule has 0 saturated heterocycles. The van der Waals surface area contributed by atoms with Crippen LogP contribution in [0.3, 0.4) is 0 Å². The minimum absolute atomic E-state index is 0.00893. The van der Waals surface area contributed by atoms with Gasteiger partial charge < -0.3 is 20.6 Å². The molecule has 1 aliphatic rings. The standard InChI is InChI=1S/C9H17NO4/c11-5-8(12)6-1-3-7(4-2-6)10-9(13)14/h6-8,10-12H,1-5H2,(H,13,14). The fourth-order valence-electron chi connectivity index (χ4n) is 1.97. The minimum atomic E-state index is -0.990. The van der Waals surface area contributed by atoms with Crippen molar-refractivity contribution in [3.05, 3.63) is 0 Å². The van der Waals surface area contributed by atoms with E-state index in [-0.39, 0.29) is 18.6 Å². The molecule has 1 unspecified atom stereocenters. The van der Waals surface area contributed by atoms with Gasteiger partial charge in [0, 0.05) is 6.04 Å². The third-order valence-electron chi connectivity index (χ3n) is 2.83. The zero-order valence-electron chi connectivity index (χ0n) is 8.02. The second-order valence-electron chi connectivity index (χ2n) is 3.81. The summed E-state index contributed by atoms with van der Waals surface area (Å²) in [5, 5.41) is 29.0. The fraction of sp³-hybridized carbons (Fsp3) is 0.889. The lowest BCUT2D eigenvalue weighted by Crippen LogP contribution is -2.39. The molecule has 1 amide bonds. The molecule has 0 heterocycles. The normalized spacial score (nSPS) is 29.6. The van der Waals surface area contributed by atoms with Gasteiger partial charge in [0.1, 0.15) is 0 Å². The maximum atomic E-state index is 10.3. The van der Waals surface area contributed by atoms with Gasteiger partial charge in [-0.15, -0.1) is 0 Å². The number of aliphatic hydroxyl groups excluding tert-OH is 2. The lowest BCUT2D eigenvalue weighted by molar-refractivity contribution is 0.0289. The maximum Gasteiger partial charge on any atom is 0.404 e. The molecule has 1 saturated carbocycles. The summed E-state index contributed by atoms with van der Waals surface area (Å²) >= 11 is 0. The molecule has 5 heteroatoms. The first-order chi connectivity index (χ1) is 6.63. The molecule has 0 aliphatic heterocycles. The van der Waals surface area contributed by atoms with Crippen LogP contribution in [0.1, 0.15) is 25.7 Å². The summed E-state index contributed by atoms with van der Waals surface area (Å²) in [7, 11) is 0. The fourth-order valence-corrected chi connectivity index (χ4v) is 1.97. The summed E-state index contributed by atoms with van der Waals surface area (Å²) in [6.07, 6.45) is 1.39. The second kappa shape index (κ2) is 5.17. The van der Waals surface area contributed by atoms with Crippen molar-refractivity contribution in [2.45, 2.75) is 37.8 Å². The van der Waals surface area contributed by atoms with Gasteiger partial charge in [0.15, 0.2) is 0 Å². The molecule has 5 nitrogen and oxygen atoms in total. The van der Waals surface area contributed by atoms with Crippen LogP contribution in [-0.4, -0.2) is 40.2 Å². The predicted octanol–water partition coefficient (Wildman–Crippen LogP) is 0.166. The summed E-state index contributed by atoms with van der Waals surface area (Å²) in [5.41, 5.74) is 0. The Bertz CT molecular complexity index is 189. The van der Waals surface area contributed by atoms with E-state index in [1.807, 2.05) is 0 Å². The van der Waals surface area contributed by atoms with Crippen molar-refractivity contribution in [1.29, 1.82) is 0 Å². The summed E-state index contributed by atoms with van der Waals surface area (Å²) < 4.78 is 0. The molecule has 1 rings (SSSR count). The second-order valence-corrected chi connectivity index (χ2v) is 3.81. The van der Waals surface area contributed by atoms with E-state index in [1.54, 1.807) is 0 Å². The molecule has 1 atom stereocenters. The van der Waals surface area contributed by atoms with Crippen LogP contribution in [0.2, 0.25) is 0 Å².